The SMILES string of the molecule is Cc1ccc(OCCCCNC(=O)c2csc(CCN)n2)cc1.Cl. The van der Waals surface area contributed by atoms with E-state index in [4.69, 9.17) is 10.5 Å². The fourth-order valence-electron chi connectivity index (χ4n) is 2.00. The number of benzene rings is 1. The molecule has 132 valence electrons. The predicted molar refractivity (Wildman–Crippen MR) is 100 cm³/mol. The molecule has 2 rings (SSSR count). The lowest BCUT2D eigenvalue weighted by Crippen LogP contribution is -2.25. The number of rotatable bonds is 9. The highest BCUT2D eigenvalue weighted by Crippen LogP contribution is 2.12. The number of carbonyl (C=O) groups excluding carboxylic acids is 1. The number of nitrogens with two attached hydrogens (primary N) is 1. The molecule has 2 aromatic rings. The van der Waals surface area contributed by atoms with Gasteiger partial charge in [0.25, 0.3) is 5.91 Å². The van der Waals surface area contributed by atoms with E-state index in [1.165, 1.54) is 16.9 Å². The van der Waals surface area contributed by atoms with Crippen LogP contribution in [0.5, 0.6) is 5.75 Å². The van der Waals surface area contributed by atoms with Crippen molar-refractivity contribution in [2.45, 2.75) is 26.2 Å². The summed E-state index contributed by atoms with van der Waals surface area (Å²) in [6, 6.07) is 8.00. The maximum atomic E-state index is 11.9. The molecule has 0 fully saturated rings. The van der Waals surface area contributed by atoms with Gasteiger partial charge in [0.1, 0.15) is 11.4 Å². The molecule has 0 saturated carbocycles. The van der Waals surface area contributed by atoms with Crippen LogP contribution in [0.1, 0.15) is 33.9 Å². The topological polar surface area (TPSA) is 77.2 Å². The van der Waals surface area contributed by atoms with E-state index in [1.807, 2.05) is 31.2 Å². The lowest BCUT2D eigenvalue weighted by atomic mass is 10.2. The lowest BCUT2D eigenvalue weighted by molar-refractivity contribution is 0.0948. The number of carbonyl (C=O) groups is 1. The molecule has 0 unspecified atom stereocenters. The quantitative estimate of drug-likeness (QED) is 0.666. The third kappa shape index (κ3) is 6.86. The Kier molecular flexibility index (Phi) is 9.37. The van der Waals surface area contributed by atoms with Gasteiger partial charge in [0.2, 0.25) is 0 Å². The van der Waals surface area contributed by atoms with E-state index in [0.29, 0.717) is 31.8 Å². The summed E-state index contributed by atoms with van der Waals surface area (Å²) in [7, 11) is 0. The van der Waals surface area contributed by atoms with Gasteiger partial charge in [-0.1, -0.05) is 17.7 Å². The third-order valence-electron chi connectivity index (χ3n) is 3.29. The molecule has 1 amide bonds. The van der Waals surface area contributed by atoms with Crippen LogP contribution in [-0.4, -0.2) is 30.6 Å². The first-order valence-electron chi connectivity index (χ1n) is 7.81. The van der Waals surface area contributed by atoms with Gasteiger partial charge in [-0.05, 0) is 38.4 Å². The Hall–Kier alpha value is -1.63. The van der Waals surface area contributed by atoms with Gasteiger partial charge in [0.15, 0.2) is 0 Å². The summed E-state index contributed by atoms with van der Waals surface area (Å²) in [6.07, 6.45) is 2.48. The van der Waals surface area contributed by atoms with Crippen molar-refractivity contribution in [3.05, 3.63) is 45.9 Å². The fraction of sp³-hybridized carbons (Fsp3) is 0.412. The highest BCUT2D eigenvalue weighted by Gasteiger charge is 2.09. The summed E-state index contributed by atoms with van der Waals surface area (Å²) in [5.41, 5.74) is 7.18. The summed E-state index contributed by atoms with van der Waals surface area (Å²) in [6.45, 7) is 3.87. The van der Waals surface area contributed by atoms with Gasteiger partial charge in [-0.15, -0.1) is 23.7 Å². The number of aryl methyl sites for hydroxylation is 1. The van der Waals surface area contributed by atoms with Gasteiger partial charge in [-0.25, -0.2) is 4.98 Å². The molecule has 5 nitrogen and oxygen atoms in total. The van der Waals surface area contributed by atoms with Crippen LogP contribution >= 0.6 is 23.7 Å². The maximum absolute atomic E-state index is 11.9. The van der Waals surface area contributed by atoms with Crippen molar-refractivity contribution < 1.29 is 9.53 Å². The van der Waals surface area contributed by atoms with Crippen molar-refractivity contribution >= 4 is 29.7 Å². The van der Waals surface area contributed by atoms with Gasteiger partial charge in [0.05, 0.1) is 11.6 Å². The maximum Gasteiger partial charge on any atom is 0.270 e. The van der Waals surface area contributed by atoms with E-state index in [1.54, 1.807) is 5.38 Å². The first-order valence-corrected chi connectivity index (χ1v) is 8.69. The van der Waals surface area contributed by atoms with Crippen molar-refractivity contribution in [3.8, 4) is 5.75 Å². The van der Waals surface area contributed by atoms with Crippen LogP contribution < -0.4 is 15.8 Å². The Morgan fingerprint density at radius 2 is 2.04 bits per heavy atom. The van der Waals surface area contributed by atoms with E-state index in [2.05, 4.69) is 10.3 Å². The van der Waals surface area contributed by atoms with Crippen LogP contribution in [0.15, 0.2) is 29.6 Å². The molecule has 0 spiro atoms. The number of aromatic nitrogens is 1. The normalized spacial score (nSPS) is 10.1. The van der Waals surface area contributed by atoms with E-state index in [0.717, 1.165) is 23.6 Å². The van der Waals surface area contributed by atoms with Gasteiger partial charge in [0, 0.05) is 18.3 Å². The number of hydrogen-bond acceptors (Lipinski definition) is 5. The summed E-state index contributed by atoms with van der Waals surface area (Å²) < 4.78 is 5.65. The van der Waals surface area contributed by atoms with Crippen LogP contribution in [0.3, 0.4) is 0 Å². The van der Waals surface area contributed by atoms with Crippen molar-refractivity contribution in [3.63, 3.8) is 0 Å². The van der Waals surface area contributed by atoms with E-state index in [-0.39, 0.29) is 18.3 Å². The van der Waals surface area contributed by atoms with Crippen molar-refractivity contribution in [1.82, 2.24) is 10.3 Å². The second-order valence-corrected chi connectivity index (χ2v) is 6.23. The average molecular weight is 370 g/mol. The number of hydrogen-bond donors (Lipinski definition) is 2. The second kappa shape index (κ2) is 11.0. The van der Waals surface area contributed by atoms with Gasteiger partial charge in [-0.2, -0.15) is 0 Å². The molecule has 1 aromatic heterocycles. The highest BCUT2D eigenvalue weighted by atomic mass is 35.5. The van der Waals surface area contributed by atoms with E-state index in [9.17, 15) is 4.79 Å². The molecule has 1 heterocycles. The van der Waals surface area contributed by atoms with Crippen LogP contribution in [0.4, 0.5) is 0 Å². The highest BCUT2D eigenvalue weighted by molar-refractivity contribution is 7.09. The number of amides is 1. The number of ether oxygens (including phenoxy) is 1. The summed E-state index contributed by atoms with van der Waals surface area (Å²) >= 11 is 1.48. The number of halogens is 1. The monoisotopic (exact) mass is 369 g/mol. The molecule has 0 bridgehead atoms. The molecule has 24 heavy (non-hydrogen) atoms. The van der Waals surface area contributed by atoms with Crippen LogP contribution in [0, 0.1) is 6.92 Å². The van der Waals surface area contributed by atoms with Gasteiger partial charge in [-0.3, -0.25) is 4.79 Å². The first-order chi connectivity index (χ1) is 11.2. The van der Waals surface area contributed by atoms with E-state index >= 15 is 0 Å². The molecule has 7 heteroatoms. The Balaban J connectivity index is 0.00000288. The van der Waals surface area contributed by atoms with Crippen molar-refractivity contribution in [2.24, 2.45) is 5.73 Å². The smallest absolute Gasteiger partial charge is 0.270 e. The van der Waals surface area contributed by atoms with Crippen LogP contribution in [0.25, 0.3) is 0 Å². The zero-order chi connectivity index (χ0) is 16.5. The third-order valence-corrected chi connectivity index (χ3v) is 4.20. The Bertz CT molecular complexity index is 617. The fourth-order valence-corrected chi connectivity index (χ4v) is 2.79. The molecular formula is C17H24ClN3O2S. The Morgan fingerprint density at radius 1 is 1.29 bits per heavy atom. The predicted octanol–water partition coefficient (Wildman–Crippen LogP) is 2.96. The number of nitrogens with one attached hydrogen (secondary N) is 1. The van der Waals surface area contributed by atoms with Gasteiger partial charge < -0.3 is 15.8 Å². The minimum atomic E-state index is -0.121. The molecule has 0 aliphatic rings. The molecular weight excluding hydrogens is 346 g/mol. The molecule has 3 N–H and O–H groups in total. The molecule has 0 radical (unpaired) electrons. The average Bonchev–Trinajstić information content (AvgIpc) is 3.01. The summed E-state index contributed by atoms with van der Waals surface area (Å²) in [5.74, 6) is 0.763. The van der Waals surface area contributed by atoms with Gasteiger partial charge >= 0.3 is 0 Å². The minimum Gasteiger partial charge on any atom is -0.494 e. The second-order valence-electron chi connectivity index (χ2n) is 5.29. The number of thiazole rings is 1. The van der Waals surface area contributed by atoms with Crippen LogP contribution in [-0.2, 0) is 6.42 Å². The molecule has 0 atom stereocenters. The molecule has 0 saturated heterocycles. The number of unbranched alkanes of at least 4 members (excludes halogenated alkanes) is 1. The Labute approximate surface area is 153 Å². The summed E-state index contributed by atoms with van der Waals surface area (Å²) in [5, 5.41) is 5.56. The molecule has 0 aliphatic heterocycles. The lowest BCUT2D eigenvalue weighted by Gasteiger charge is -2.07. The zero-order valence-electron chi connectivity index (χ0n) is 13.8. The van der Waals surface area contributed by atoms with E-state index < -0.39 is 0 Å². The first kappa shape index (κ1) is 20.4. The van der Waals surface area contributed by atoms with Crippen LogP contribution in [0.2, 0.25) is 0 Å². The molecule has 1 aromatic carbocycles. The number of nitrogens with zero attached hydrogens (tertiary/aromatic N) is 1. The summed E-state index contributed by atoms with van der Waals surface area (Å²) in [4.78, 5) is 16.2. The van der Waals surface area contributed by atoms with Crippen molar-refractivity contribution in [2.75, 3.05) is 19.7 Å². The van der Waals surface area contributed by atoms with Crippen molar-refractivity contribution in [1.29, 1.82) is 0 Å². The standard InChI is InChI=1S/C17H23N3O2S.ClH/c1-13-4-6-14(7-5-13)22-11-3-2-10-19-17(21)15-12-23-16(20-15)8-9-18;/h4-7,12H,2-3,8-11,18H2,1H3,(H,19,21);1H. The minimum absolute atomic E-state index is 0. The molecule has 0 aliphatic carbocycles. The Morgan fingerprint density at radius 3 is 2.75 bits per heavy atom. The zero-order valence-corrected chi connectivity index (χ0v) is 15.4. The largest absolute Gasteiger partial charge is 0.494 e.